The molecule has 1 N–H and O–H groups in total. The van der Waals surface area contributed by atoms with Gasteiger partial charge in [-0.2, -0.15) is 0 Å². The maximum absolute atomic E-state index is 3.51. The summed E-state index contributed by atoms with van der Waals surface area (Å²) in [5.41, 5.74) is 1.37. The summed E-state index contributed by atoms with van der Waals surface area (Å²) in [5, 5.41) is 3.51. The van der Waals surface area contributed by atoms with Crippen molar-refractivity contribution in [3.8, 4) is 0 Å². The van der Waals surface area contributed by atoms with Crippen LogP contribution in [0.25, 0.3) is 0 Å². The van der Waals surface area contributed by atoms with E-state index in [-0.39, 0.29) is 0 Å². The third kappa shape index (κ3) is 1.93. The van der Waals surface area contributed by atoms with Gasteiger partial charge in [0, 0.05) is 0 Å². The molecule has 3 heteroatoms. The van der Waals surface area contributed by atoms with E-state index in [1.54, 1.807) is 0 Å². The van der Waals surface area contributed by atoms with Crippen LogP contribution in [0.15, 0.2) is 30.3 Å². The first-order valence-electron chi connectivity index (χ1n) is 4.86. The first-order chi connectivity index (χ1) is 6.38. The van der Waals surface area contributed by atoms with Crippen LogP contribution in [-0.4, -0.2) is 31.9 Å². The maximum atomic E-state index is 3.51. The van der Waals surface area contributed by atoms with Crippen molar-refractivity contribution in [3.63, 3.8) is 0 Å². The van der Waals surface area contributed by atoms with Crippen LogP contribution >= 0.6 is 0 Å². The van der Waals surface area contributed by atoms with Gasteiger partial charge in [0.05, 0.1) is 0 Å². The van der Waals surface area contributed by atoms with Crippen LogP contribution in [0.1, 0.15) is 6.42 Å². The molecule has 0 unspecified atom stereocenters. The predicted molar refractivity (Wildman–Crippen MR) is 57.1 cm³/mol. The van der Waals surface area contributed by atoms with Crippen molar-refractivity contribution in [1.29, 1.82) is 0 Å². The Kier molecular flexibility index (Phi) is 2.66. The van der Waals surface area contributed by atoms with Gasteiger partial charge in [0.15, 0.2) is 0 Å². The summed E-state index contributed by atoms with van der Waals surface area (Å²) in [4.78, 5) is 2.36. The molecule has 13 heavy (non-hydrogen) atoms. The molecule has 0 aliphatic carbocycles. The quantitative estimate of drug-likeness (QED) is 0.616. The molecule has 0 aromatic heterocycles. The van der Waals surface area contributed by atoms with E-state index in [1.165, 1.54) is 18.4 Å². The maximum Gasteiger partial charge on any atom is 0.343 e. The fraction of sp³-hybridized carbons (Fsp3) is 0.400. The number of nitrogens with zero attached hydrogens (tertiary/aromatic N) is 1. The first-order valence-corrected chi connectivity index (χ1v) is 4.86. The Morgan fingerprint density at radius 1 is 1.31 bits per heavy atom. The van der Waals surface area contributed by atoms with Crippen molar-refractivity contribution in [2.45, 2.75) is 6.42 Å². The van der Waals surface area contributed by atoms with Gasteiger partial charge in [-0.05, 0) is 32.0 Å². The van der Waals surface area contributed by atoms with Gasteiger partial charge in [-0.25, -0.2) is 0 Å². The van der Waals surface area contributed by atoms with E-state index in [0.717, 1.165) is 6.54 Å². The van der Waals surface area contributed by atoms with Crippen LogP contribution in [0.4, 0.5) is 0 Å². The first kappa shape index (κ1) is 8.79. The minimum absolute atomic E-state index is 0.412. The molecule has 1 saturated heterocycles. The number of benzene rings is 1. The van der Waals surface area contributed by atoms with Gasteiger partial charge in [0.25, 0.3) is 0 Å². The van der Waals surface area contributed by atoms with E-state index in [2.05, 4.69) is 47.4 Å². The molecular weight excluding hydrogens is 159 g/mol. The molecule has 2 nitrogen and oxygen atoms in total. The predicted octanol–water partition coefficient (Wildman–Crippen LogP) is 0.307. The Morgan fingerprint density at radius 2 is 2.08 bits per heavy atom. The summed E-state index contributed by atoms with van der Waals surface area (Å²) in [6.07, 6.45) is 1.25. The van der Waals surface area contributed by atoms with Crippen molar-refractivity contribution in [2.24, 2.45) is 0 Å². The number of hydrogen-bond acceptors (Lipinski definition) is 2. The number of rotatable bonds is 1. The van der Waals surface area contributed by atoms with Crippen LogP contribution in [0.5, 0.6) is 0 Å². The van der Waals surface area contributed by atoms with Gasteiger partial charge < -0.3 is 10.0 Å². The van der Waals surface area contributed by atoms with Crippen molar-refractivity contribution in [1.82, 2.24) is 10.0 Å². The summed E-state index contributed by atoms with van der Waals surface area (Å²) in [6.45, 7) is 2.73. The lowest BCUT2D eigenvalue weighted by Gasteiger charge is -2.30. The Labute approximate surface area is 80.1 Å². The lowest BCUT2D eigenvalue weighted by molar-refractivity contribution is 0.460. The lowest BCUT2D eigenvalue weighted by Crippen LogP contribution is -2.60. The molecule has 0 spiro atoms. The average molecular weight is 174 g/mol. The molecule has 1 aliphatic heterocycles. The third-order valence-corrected chi connectivity index (χ3v) is 2.58. The fourth-order valence-corrected chi connectivity index (χ4v) is 1.86. The molecule has 0 atom stereocenters. The molecular formula is C10H15BN2. The standard InChI is InChI=1S/C10H15BN2/c1-13-9-5-8-12-11(13)10-6-3-2-4-7-10/h2-4,6-7,12H,5,8-9H2,1H3. The van der Waals surface area contributed by atoms with E-state index >= 15 is 0 Å². The molecule has 1 aliphatic rings. The normalized spacial score (nSPS) is 19.0. The van der Waals surface area contributed by atoms with Crippen molar-refractivity contribution in [3.05, 3.63) is 30.3 Å². The van der Waals surface area contributed by atoms with Crippen LogP contribution < -0.4 is 10.7 Å². The van der Waals surface area contributed by atoms with Crippen molar-refractivity contribution < 1.29 is 0 Å². The van der Waals surface area contributed by atoms with Crippen LogP contribution in [-0.2, 0) is 0 Å². The highest BCUT2D eigenvalue weighted by Gasteiger charge is 2.24. The summed E-state index contributed by atoms with van der Waals surface area (Å²) < 4.78 is 0. The topological polar surface area (TPSA) is 15.3 Å². The second-order valence-corrected chi connectivity index (χ2v) is 3.60. The van der Waals surface area contributed by atoms with Gasteiger partial charge in [-0.15, -0.1) is 0 Å². The highest BCUT2D eigenvalue weighted by atomic mass is 15.1. The van der Waals surface area contributed by atoms with E-state index in [0.29, 0.717) is 6.98 Å². The molecule has 0 saturated carbocycles. The zero-order valence-corrected chi connectivity index (χ0v) is 8.03. The minimum Gasteiger partial charge on any atom is -0.338 e. The lowest BCUT2D eigenvalue weighted by atomic mass is 9.65. The zero-order chi connectivity index (χ0) is 9.10. The Bertz CT molecular complexity index is 263. The van der Waals surface area contributed by atoms with Crippen molar-refractivity contribution in [2.75, 3.05) is 20.1 Å². The van der Waals surface area contributed by atoms with Crippen LogP contribution in [0.3, 0.4) is 0 Å². The monoisotopic (exact) mass is 174 g/mol. The molecule has 0 bridgehead atoms. The third-order valence-electron chi connectivity index (χ3n) is 2.58. The highest BCUT2D eigenvalue weighted by Crippen LogP contribution is 1.98. The average Bonchev–Trinajstić information content (AvgIpc) is 2.20. The van der Waals surface area contributed by atoms with E-state index in [1.807, 2.05) is 0 Å². The molecule has 68 valence electrons. The van der Waals surface area contributed by atoms with Gasteiger partial charge in [0.2, 0.25) is 0 Å². The smallest absolute Gasteiger partial charge is 0.338 e. The van der Waals surface area contributed by atoms with Gasteiger partial charge >= 0.3 is 6.98 Å². The van der Waals surface area contributed by atoms with E-state index in [9.17, 15) is 0 Å². The Balaban J connectivity index is 2.15. The molecule has 1 fully saturated rings. The van der Waals surface area contributed by atoms with Crippen LogP contribution in [0, 0.1) is 0 Å². The Hall–Kier alpha value is -0.795. The summed E-state index contributed by atoms with van der Waals surface area (Å²) in [6, 6.07) is 10.6. The van der Waals surface area contributed by atoms with Gasteiger partial charge in [-0.1, -0.05) is 30.3 Å². The van der Waals surface area contributed by atoms with Gasteiger partial charge in [0.1, 0.15) is 0 Å². The van der Waals surface area contributed by atoms with E-state index in [4.69, 9.17) is 0 Å². The fourth-order valence-electron chi connectivity index (χ4n) is 1.86. The largest absolute Gasteiger partial charge is 0.343 e. The molecule has 0 amide bonds. The Morgan fingerprint density at radius 3 is 2.77 bits per heavy atom. The summed E-state index contributed by atoms with van der Waals surface area (Å²) >= 11 is 0. The molecule has 1 aromatic carbocycles. The zero-order valence-electron chi connectivity index (χ0n) is 8.03. The highest BCUT2D eigenvalue weighted by molar-refractivity contribution is 6.68. The number of hydrogen-bond donors (Lipinski definition) is 1. The number of nitrogens with one attached hydrogen (secondary N) is 1. The van der Waals surface area contributed by atoms with Gasteiger partial charge in [-0.3, -0.25) is 0 Å². The molecule has 2 rings (SSSR count). The molecule has 0 radical (unpaired) electrons. The second-order valence-electron chi connectivity index (χ2n) is 3.60. The molecule has 1 aromatic rings. The molecule has 1 heterocycles. The minimum atomic E-state index is 0.412. The van der Waals surface area contributed by atoms with E-state index < -0.39 is 0 Å². The summed E-state index contributed by atoms with van der Waals surface area (Å²) in [5.74, 6) is 0. The SMILES string of the molecule is CN1CCCNB1c1ccccc1. The second kappa shape index (κ2) is 3.94. The van der Waals surface area contributed by atoms with Crippen molar-refractivity contribution >= 4 is 12.4 Å². The summed E-state index contributed by atoms with van der Waals surface area (Å²) in [7, 11) is 2.17. The van der Waals surface area contributed by atoms with Crippen LogP contribution in [0.2, 0.25) is 0 Å².